The Hall–Kier alpha value is -0.830. The normalized spacial score (nSPS) is 22.7. The second kappa shape index (κ2) is 5.15. The lowest BCUT2D eigenvalue weighted by Gasteiger charge is -2.13. The third-order valence-electron chi connectivity index (χ3n) is 2.30. The van der Waals surface area contributed by atoms with Gasteiger partial charge in [0, 0.05) is 12.0 Å². The first-order valence-corrected chi connectivity index (χ1v) is 5.11. The first-order chi connectivity index (χ1) is 6.65. The van der Waals surface area contributed by atoms with Gasteiger partial charge in [0.1, 0.15) is 0 Å². The number of epoxide rings is 1. The Balaban J connectivity index is 2.41. The minimum Gasteiger partial charge on any atom is -0.463 e. The Labute approximate surface area is 85.1 Å². The molecule has 14 heavy (non-hydrogen) atoms. The molecule has 0 saturated carbocycles. The molecule has 1 aliphatic heterocycles. The quantitative estimate of drug-likeness (QED) is 0.384. The predicted molar refractivity (Wildman–Crippen MR) is 53.8 cm³/mol. The number of esters is 1. The van der Waals surface area contributed by atoms with Crippen molar-refractivity contribution in [2.75, 3.05) is 13.2 Å². The molecule has 3 heteroatoms. The summed E-state index contributed by atoms with van der Waals surface area (Å²) in [6.45, 7) is 7.30. The van der Waals surface area contributed by atoms with E-state index in [4.69, 9.17) is 9.47 Å². The van der Waals surface area contributed by atoms with Crippen LogP contribution in [0.3, 0.4) is 0 Å². The standard InChI is InChI=1S/C11H18O3/c1-4-13-11(12)6-5-9(8(2)3)10-7-14-10/h5-6,8-10H,4,7H2,1-3H3/t9?,10-/m0/s1. The zero-order valence-electron chi connectivity index (χ0n) is 9.03. The largest absolute Gasteiger partial charge is 0.463 e. The highest BCUT2D eigenvalue weighted by Crippen LogP contribution is 2.27. The summed E-state index contributed by atoms with van der Waals surface area (Å²) in [5.74, 6) is 0.561. The van der Waals surface area contributed by atoms with Gasteiger partial charge in [0.05, 0.1) is 19.3 Å². The summed E-state index contributed by atoms with van der Waals surface area (Å²) in [7, 11) is 0. The van der Waals surface area contributed by atoms with E-state index in [0.717, 1.165) is 6.61 Å². The maximum Gasteiger partial charge on any atom is 0.330 e. The summed E-state index contributed by atoms with van der Waals surface area (Å²) >= 11 is 0. The van der Waals surface area contributed by atoms with Crippen LogP contribution in [0.4, 0.5) is 0 Å². The van der Waals surface area contributed by atoms with Crippen molar-refractivity contribution < 1.29 is 14.3 Å². The van der Waals surface area contributed by atoms with Gasteiger partial charge in [0.25, 0.3) is 0 Å². The van der Waals surface area contributed by atoms with E-state index in [0.29, 0.717) is 24.5 Å². The van der Waals surface area contributed by atoms with Crippen LogP contribution in [-0.2, 0) is 14.3 Å². The van der Waals surface area contributed by atoms with Crippen LogP contribution in [-0.4, -0.2) is 25.3 Å². The minimum absolute atomic E-state index is 0.265. The highest BCUT2D eigenvalue weighted by atomic mass is 16.6. The van der Waals surface area contributed by atoms with Gasteiger partial charge in [-0.15, -0.1) is 0 Å². The van der Waals surface area contributed by atoms with Crippen molar-refractivity contribution >= 4 is 5.97 Å². The molecule has 0 aromatic heterocycles. The van der Waals surface area contributed by atoms with Gasteiger partial charge in [-0.3, -0.25) is 0 Å². The molecule has 1 fully saturated rings. The van der Waals surface area contributed by atoms with Crippen LogP contribution >= 0.6 is 0 Å². The average Bonchev–Trinajstić information content (AvgIpc) is 2.88. The Bertz CT molecular complexity index is 215. The number of carbonyl (C=O) groups excluding carboxylic acids is 1. The maximum atomic E-state index is 11.1. The molecule has 1 unspecified atom stereocenters. The zero-order chi connectivity index (χ0) is 10.6. The van der Waals surface area contributed by atoms with Crippen molar-refractivity contribution in [1.82, 2.24) is 0 Å². The van der Waals surface area contributed by atoms with Gasteiger partial charge < -0.3 is 9.47 Å². The van der Waals surface area contributed by atoms with Crippen LogP contribution in [0.15, 0.2) is 12.2 Å². The fraction of sp³-hybridized carbons (Fsp3) is 0.727. The Morgan fingerprint density at radius 1 is 1.64 bits per heavy atom. The molecule has 2 atom stereocenters. The zero-order valence-corrected chi connectivity index (χ0v) is 9.03. The third-order valence-corrected chi connectivity index (χ3v) is 2.30. The molecule has 0 spiro atoms. The average molecular weight is 198 g/mol. The monoisotopic (exact) mass is 198 g/mol. The summed E-state index contributed by atoms with van der Waals surface area (Å²) in [5.41, 5.74) is 0. The van der Waals surface area contributed by atoms with Gasteiger partial charge in [0.15, 0.2) is 0 Å². The lowest BCUT2D eigenvalue weighted by molar-refractivity contribution is -0.137. The summed E-state index contributed by atoms with van der Waals surface area (Å²) in [6, 6.07) is 0. The van der Waals surface area contributed by atoms with Crippen molar-refractivity contribution in [2.24, 2.45) is 11.8 Å². The molecular weight excluding hydrogens is 180 g/mol. The Kier molecular flexibility index (Phi) is 4.14. The second-order valence-corrected chi connectivity index (χ2v) is 3.80. The van der Waals surface area contributed by atoms with Crippen molar-refractivity contribution in [3.63, 3.8) is 0 Å². The van der Waals surface area contributed by atoms with Crippen LogP contribution in [0.25, 0.3) is 0 Å². The van der Waals surface area contributed by atoms with Gasteiger partial charge in [-0.2, -0.15) is 0 Å². The minimum atomic E-state index is -0.265. The molecule has 0 bridgehead atoms. The third kappa shape index (κ3) is 3.50. The number of hydrogen-bond donors (Lipinski definition) is 0. The van der Waals surface area contributed by atoms with Gasteiger partial charge >= 0.3 is 5.97 Å². The van der Waals surface area contributed by atoms with Crippen LogP contribution in [0.1, 0.15) is 20.8 Å². The first-order valence-electron chi connectivity index (χ1n) is 5.11. The van der Waals surface area contributed by atoms with Gasteiger partial charge in [-0.25, -0.2) is 4.79 Å². The Morgan fingerprint density at radius 2 is 2.29 bits per heavy atom. The highest BCUT2D eigenvalue weighted by molar-refractivity contribution is 5.81. The lowest BCUT2D eigenvalue weighted by atomic mass is 9.92. The molecule has 80 valence electrons. The highest BCUT2D eigenvalue weighted by Gasteiger charge is 2.32. The summed E-state index contributed by atoms with van der Waals surface area (Å²) < 4.78 is 10.0. The molecule has 0 N–H and O–H groups in total. The van der Waals surface area contributed by atoms with E-state index in [1.165, 1.54) is 6.08 Å². The van der Waals surface area contributed by atoms with Crippen molar-refractivity contribution in [3.8, 4) is 0 Å². The van der Waals surface area contributed by atoms with Crippen LogP contribution < -0.4 is 0 Å². The van der Waals surface area contributed by atoms with Crippen LogP contribution in [0.5, 0.6) is 0 Å². The number of hydrogen-bond acceptors (Lipinski definition) is 3. The molecule has 0 radical (unpaired) electrons. The van der Waals surface area contributed by atoms with Crippen LogP contribution in [0.2, 0.25) is 0 Å². The molecule has 1 aliphatic rings. The molecule has 0 aromatic rings. The number of ether oxygens (including phenoxy) is 2. The van der Waals surface area contributed by atoms with Gasteiger partial charge in [0.2, 0.25) is 0 Å². The van der Waals surface area contributed by atoms with Gasteiger partial charge in [-0.1, -0.05) is 19.9 Å². The molecule has 1 saturated heterocycles. The van der Waals surface area contributed by atoms with Crippen molar-refractivity contribution in [2.45, 2.75) is 26.9 Å². The first kappa shape index (κ1) is 11.2. The molecule has 0 aliphatic carbocycles. The summed E-state index contributed by atoms with van der Waals surface area (Å²) in [4.78, 5) is 11.1. The number of carbonyl (C=O) groups is 1. The van der Waals surface area contributed by atoms with Crippen LogP contribution in [0, 0.1) is 11.8 Å². The van der Waals surface area contributed by atoms with Crippen molar-refractivity contribution in [1.29, 1.82) is 0 Å². The summed E-state index contributed by atoms with van der Waals surface area (Å²) in [5, 5.41) is 0. The number of rotatable bonds is 5. The fourth-order valence-electron chi connectivity index (χ4n) is 1.43. The predicted octanol–water partition coefficient (Wildman–Crippen LogP) is 1.78. The molecule has 1 rings (SSSR count). The van der Waals surface area contributed by atoms with E-state index in [1.807, 2.05) is 6.08 Å². The van der Waals surface area contributed by atoms with E-state index in [2.05, 4.69) is 13.8 Å². The van der Waals surface area contributed by atoms with E-state index in [9.17, 15) is 4.79 Å². The molecule has 1 heterocycles. The van der Waals surface area contributed by atoms with Crippen molar-refractivity contribution in [3.05, 3.63) is 12.2 Å². The smallest absolute Gasteiger partial charge is 0.330 e. The topological polar surface area (TPSA) is 38.8 Å². The molecular formula is C11H18O3. The van der Waals surface area contributed by atoms with E-state index >= 15 is 0 Å². The molecule has 0 amide bonds. The maximum absolute atomic E-state index is 11.1. The fourth-order valence-corrected chi connectivity index (χ4v) is 1.43. The van der Waals surface area contributed by atoms with E-state index in [1.54, 1.807) is 6.92 Å². The molecule has 3 nitrogen and oxygen atoms in total. The summed E-state index contributed by atoms with van der Waals surface area (Å²) in [6.07, 6.45) is 3.72. The van der Waals surface area contributed by atoms with E-state index < -0.39 is 0 Å². The lowest BCUT2D eigenvalue weighted by Crippen LogP contribution is -2.13. The Morgan fingerprint density at radius 3 is 2.71 bits per heavy atom. The second-order valence-electron chi connectivity index (χ2n) is 3.80. The SMILES string of the molecule is CCOC(=O)C=CC(C(C)C)[C@@H]1CO1. The van der Waals surface area contributed by atoms with E-state index in [-0.39, 0.29) is 5.97 Å². The van der Waals surface area contributed by atoms with Gasteiger partial charge in [-0.05, 0) is 12.8 Å². The molecule has 0 aromatic carbocycles.